The van der Waals surface area contributed by atoms with Crippen molar-refractivity contribution in [3.8, 4) is 0 Å². The van der Waals surface area contributed by atoms with Crippen LogP contribution < -0.4 is 0 Å². The molecule has 1 aromatic rings. The van der Waals surface area contributed by atoms with Gasteiger partial charge in [0.1, 0.15) is 6.61 Å². The van der Waals surface area contributed by atoms with Gasteiger partial charge in [-0.15, -0.1) is 0 Å². The highest BCUT2D eigenvalue weighted by molar-refractivity contribution is 5.13. The first-order chi connectivity index (χ1) is 7.95. The first kappa shape index (κ1) is 11.3. The highest BCUT2D eigenvalue weighted by atomic mass is 16.5. The third-order valence-electron chi connectivity index (χ3n) is 3.19. The van der Waals surface area contributed by atoms with Gasteiger partial charge in [-0.2, -0.15) is 0 Å². The molecule has 0 aliphatic heterocycles. The molecule has 1 heteroatoms. The summed E-state index contributed by atoms with van der Waals surface area (Å²) >= 11 is 0. The van der Waals surface area contributed by atoms with E-state index in [1.807, 2.05) is 24.5 Å². The average Bonchev–Trinajstić information content (AvgIpc) is 2.37. The SMILES string of the molecule is C(=C\C1CCCCC1)/OCc1ccccc1. The van der Waals surface area contributed by atoms with E-state index in [9.17, 15) is 0 Å². The van der Waals surface area contributed by atoms with Crippen LogP contribution >= 0.6 is 0 Å². The van der Waals surface area contributed by atoms with Crippen LogP contribution in [0.5, 0.6) is 0 Å². The maximum absolute atomic E-state index is 5.54. The van der Waals surface area contributed by atoms with E-state index < -0.39 is 0 Å². The van der Waals surface area contributed by atoms with Crippen LogP contribution in [0.4, 0.5) is 0 Å². The van der Waals surface area contributed by atoms with Crippen molar-refractivity contribution in [1.82, 2.24) is 0 Å². The molecule has 0 radical (unpaired) electrons. The number of rotatable bonds is 4. The average molecular weight is 216 g/mol. The Balaban J connectivity index is 1.69. The van der Waals surface area contributed by atoms with Crippen molar-refractivity contribution in [2.24, 2.45) is 5.92 Å². The molecule has 0 N–H and O–H groups in total. The van der Waals surface area contributed by atoms with Crippen molar-refractivity contribution < 1.29 is 4.74 Å². The molecule has 0 saturated heterocycles. The standard InChI is InChI=1S/C15H20O/c1-3-7-14(8-4-1)11-12-16-13-15-9-5-2-6-10-15/h2,5-6,9-12,14H,1,3-4,7-8,13H2/b12-11+. The molecule has 0 unspecified atom stereocenters. The molecular weight excluding hydrogens is 196 g/mol. The van der Waals surface area contributed by atoms with Gasteiger partial charge in [0.05, 0.1) is 6.26 Å². The lowest BCUT2D eigenvalue weighted by Crippen LogP contribution is -2.02. The Kier molecular flexibility index (Phi) is 4.48. The minimum absolute atomic E-state index is 0.685. The van der Waals surface area contributed by atoms with E-state index >= 15 is 0 Å². The summed E-state index contributed by atoms with van der Waals surface area (Å²) in [5.74, 6) is 0.754. The van der Waals surface area contributed by atoms with E-state index in [-0.39, 0.29) is 0 Å². The summed E-state index contributed by atoms with van der Waals surface area (Å²) in [5, 5.41) is 0. The molecule has 1 aliphatic rings. The van der Waals surface area contributed by atoms with Gasteiger partial charge in [0, 0.05) is 0 Å². The molecule has 86 valence electrons. The molecule has 0 aromatic heterocycles. The van der Waals surface area contributed by atoms with Gasteiger partial charge in [0.15, 0.2) is 0 Å². The normalized spacial score (nSPS) is 17.8. The van der Waals surface area contributed by atoms with Crippen LogP contribution in [0.2, 0.25) is 0 Å². The fourth-order valence-electron chi connectivity index (χ4n) is 2.21. The highest BCUT2D eigenvalue weighted by Gasteiger charge is 2.09. The molecule has 0 amide bonds. The van der Waals surface area contributed by atoms with Gasteiger partial charge in [-0.25, -0.2) is 0 Å². The van der Waals surface area contributed by atoms with E-state index in [1.54, 1.807) is 0 Å². The fourth-order valence-corrected chi connectivity index (χ4v) is 2.21. The summed E-state index contributed by atoms with van der Waals surface area (Å²) < 4.78 is 5.54. The highest BCUT2D eigenvalue weighted by Crippen LogP contribution is 2.24. The van der Waals surface area contributed by atoms with Crippen LogP contribution in [0.3, 0.4) is 0 Å². The monoisotopic (exact) mass is 216 g/mol. The molecule has 0 spiro atoms. The van der Waals surface area contributed by atoms with Crippen LogP contribution in [-0.4, -0.2) is 0 Å². The second kappa shape index (κ2) is 6.37. The van der Waals surface area contributed by atoms with Crippen LogP contribution in [0.1, 0.15) is 37.7 Å². The summed E-state index contributed by atoms with van der Waals surface area (Å²) in [6.45, 7) is 0.685. The van der Waals surface area contributed by atoms with E-state index in [0.717, 1.165) is 5.92 Å². The third kappa shape index (κ3) is 3.73. The molecule has 1 aliphatic carbocycles. The van der Waals surface area contributed by atoms with Crippen LogP contribution in [0, 0.1) is 5.92 Å². The van der Waals surface area contributed by atoms with Crippen molar-refractivity contribution >= 4 is 0 Å². The van der Waals surface area contributed by atoms with Gasteiger partial charge in [-0.3, -0.25) is 0 Å². The lowest BCUT2D eigenvalue weighted by Gasteiger charge is -2.17. The van der Waals surface area contributed by atoms with Gasteiger partial charge in [-0.1, -0.05) is 49.6 Å². The van der Waals surface area contributed by atoms with Crippen molar-refractivity contribution in [1.29, 1.82) is 0 Å². The molecular formula is C15H20O. The summed E-state index contributed by atoms with van der Waals surface area (Å²) in [5.41, 5.74) is 1.23. The Morgan fingerprint density at radius 3 is 2.56 bits per heavy atom. The minimum Gasteiger partial charge on any atom is -0.497 e. The molecule has 0 bridgehead atoms. The van der Waals surface area contributed by atoms with E-state index in [0.29, 0.717) is 6.61 Å². The first-order valence-electron chi connectivity index (χ1n) is 6.27. The van der Waals surface area contributed by atoms with Crippen molar-refractivity contribution in [2.45, 2.75) is 38.7 Å². The van der Waals surface area contributed by atoms with E-state index in [2.05, 4.69) is 18.2 Å². The number of hydrogen-bond acceptors (Lipinski definition) is 1. The molecule has 1 fully saturated rings. The second-order valence-corrected chi connectivity index (χ2v) is 4.52. The minimum atomic E-state index is 0.685. The Hall–Kier alpha value is -1.24. The predicted molar refractivity (Wildman–Crippen MR) is 66.9 cm³/mol. The molecule has 16 heavy (non-hydrogen) atoms. The van der Waals surface area contributed by atoms with Gasteiger partial charge in [-0.05, 0) is 30.4 Å². The second-order valence-electron chi connectivity index (χ2n) is 4.52. The molecule has 1 aromatic carbocycles. The molecule has 1 saturated carbocycles. The lowest BCUT2D eigenvalue weighted by molar-refractivity contribution is 0.232. The van der Waals surface area contributed by atoms with E-state index in [4.69, 9.17) is 4.74 Å². The molecule has 0 atom stereocenters. The Morgan fingerprint density at radius 1 is 1.06 bits per heavy atom. The Morgan fingerprint density at radius 2 is 1.81 bits per heavy atom. The van der Waals surface area contributed by atoms with Gasteiger partial charge >= 0.3 is 0 Å². The largest absolute Gasteiger partial charge is 0.497 e. The van der Waals surface area contributed by atoms with Crippen molar-refractivity contribution in [2.75, 3.05) is 0 Å². The van der Waals surface area contributed by atoms with Crippen molar-refractivity contribution in [3.63, 3.8) is 0 Å². The maximum Gasteiger partial charge on any atom is 0.112 e. The Labute approximate surface area is 98.1 Å². The molecule has 2 rings (SSSR count). The Bertz CT molecular complexity index is 309. The number of allylic oxidation sites excluding steroid dienone is 1. The van der Waals surface area contributed by atoms with Crippen LogP contribution in [0.25, 0.3) is 0 Å². The summed E-state index contributed by atoms with van der Waals surface area (Å²) in [4.78, 5) is 0. The first-order valence-corrected chi connectivity index (χ1v) is 6.27. The predicted octanol–water partition coefficient (Wildman–Crippen LogP) is 4.30. The zero-order chi connectivity index (χ0) is 11.1. The molecule has 0 heterocycles. The molecule has 1 nitrogen and oxygen atoms in total. The topological polar surface area (TPSA) is 9.23 Å². The van der Waals surface area contributed by atoms with E-state index in [1.165, 1.54) is 37.7 Å². The summed E-state index contributed by atoms with van der Waals surface area (Å²) in [7, 11) is 0. The summed E-state index contributed by atoms with van der Waals surface area (Å²) in [6, 6.07) is 10.3. The van der Waals surface area contributed by atoms with Crippen LogP contribution in [-0.2, 0) is 11.3 Å². The van der Waals surface area contributed by atoms with Crippen molar-refractivity contribution in [3.05, 3.63) is 48.2 Å². The van der Waals surface area contributed by atoms with Gasteiger partial charge < -0.3 is 4.74 Å². The van der Waals surface area contributed by atoms with Gasteiger partial charge in [0.25, 0.3) is 0 Å². The third-order valence-corrected chi connectivity index (χ3v) is 3.19. The zero-order valence-electron chi connectivity index (χ0n) is 9.77. The quantitative estimate of drug-likeness (QED) is 0.682. The number of benzene rings is 1. The van der Waals surface area contributed by atoms with Gasteiger partial charge in [0.2, 0.25) is 0 Å². The zero-order valence-corrected chi connectivity index (χ0v) is 9.77. The maximum atomic E-state index is 5.54. The lowest BCUT2D eigenvalue weighted by atomic mass is 9.89. The smallest absolute Gasteiger partial charge is 0.112 e. The number of hydrogen-bond donors (Lipinski definition) is 0. The number of ether oxygens (including phenoxy) is 1. The van der Waals surface area contributed by atoms with Crippen LogP contribution in [0.15, 0.2) is 42.7 Å². The summed E-state index contributed by atoms with van der Waals surface area (Å²) in [6.07, 6.45) is 11.0. The fraction of sp³-hybridized carbons (Fsp3) is 0.467.